The van der Waals surface area contributed by atoms with Crippen LogP contribution in [0.3, 0.4) is 0 Å². The third kappa shape index (κ3) is 3.51. The fraction of sp³-hybridized carbons (Fsp3) is 0.435. The molecule has 0 radical (unpaired) electrons. The molecule has 3 heterocycles. The second-order valence-corrected chi connectivity index (χ2v) is 10.3. The molecule has 2 amide bonds. The van der Waals surface area contributed by atoms with Gasteiger partial charge in [0.2, 0.25) is 5.91 Å². The zero-order valence-electron chi connectivity index (χ0n) is 17.5. The first-order valence-electron chi connectivity index (χ1n) is 10.9. The van der Waals surface area contributed by atoms with Gasteiger partial charge in [0.25, 0.3) is 5.91 Å². The maximum atomic E-state index is 13.2. The monoisotopic (exact) mass is 454 g/mol. The van der Waals surface area contributed by atoms with Crippen LogP contribution in [0.1, 0.15) is 65.4 Å². The van der Waals surface area contributed by atoms with Gasteiger partial charge in [0.05, 0.1) is 17.3 Å². The lowest BCUT2D eigenvalue weighted by atomic mass is 9.94. The topological polar surface area (TPSA) is 97.1 Å². The molecule has 31 heavy (non-hydrogen) atoms. The highest BCUT2D eigenvalue weighted by Crippen LogP contribution is 2.47. The van der Waals surface area contributed by atoms with Crippen LogP contribution >= 0.6 is 22.7 Å². The van der Waals surface area contributed by atoms with Crippen LogP contribution < -0.4 is 16.4 Å². The lowest BCUT2D eigenvalue weighted by molar-refractivity contribution is -0.123. The summed E-state index contributed by atoms with van der Waals surface area (Å²) in [7, 11) is 1.60. The number of nitrogens with one attached hydrogen (secondary N) is 2. The summed E-state index contributed by atoms with van der Waals surface area (Å²) in [6, 6.07) is 4.37. The summed E-state index contributed by atoms with van der Waals surface area (Å²) in [5, 5.41) is 8.84. The third-order valence-electron chi connectivity index (χ3n) is 6.49. The number of carbonyl (C=O) groups is 2. The highest BCUT2D eigenvalue weighted by Gasteiger charge is 2.36. The van der Waals surface area contributed by atoms with Crippen molar-refractivity contribution < 1.29 is 9.59 Å². The fourth-order valence-corrected chi connectivity index (χ4v) is 6.82. The molecule has 3 aromatic rings. The summed E-state index contributed by atoms with van der Waals surface area (Å²) in [6.07, 6.45) is 7.31. The van der Waals surface area contributed by atoms with Crippen molar-refractivity contribution in [3.05, 3.63) is 33.6 Å². The summed E-state index contributed by atoms with van der Waals surface area (Å²) in [4.78, 5) is 32.8. The number of rotatable bonds is 4. The second-order valence-electron chi connectivity index (χ2n) is 8.37. The smallest absolute Gasteiger partial charge is 0.263 e. The van der Waals surface area contributed by atoms with E-state index in [-0.39, 0.29) is 23.8 Å². The quantitative estimate of drug-likeness (QED) is 0.543. The number of aromatic nitrogens is 1. The number of hydrogen-bond acceptors (Lipinski definition) is 6. The molecule has 0 saturated heterocycles. The van der Waals surface area contributed by atoms with E-state index < -0.39 is 0 Å². The van der Waals surface area contributed by atoms with Gasteiger partial charge in [0.15, 0.2) is 0 Å². The number of nitrogen functional groups attached to an aromatic ring is 1. The maximum absolute atomic E-state index is 13.2. The molecule has 3 aromatic heterocycles. The molecule has 0 aliphatic heterocycles. The van der Waals surface area contributed by atoms with Gasteiger partial charge >= 0.3 is 0 Å². The van der Waals surface area contributed by atoms with Gasteiger partial charge in [-0.25, -0.2) is 4.98 Å². The minimum atomic E-state index is -0.244. The van der Waals surface area contributed by atoms with E-state index in [2.05, 4.69) is 16.7 Å². The Morgan fingerprint density at radius 3 is 2.71 bits per heavy atom. The van der Waals surface area contributed by atoms with Crippen molar-refractivity contribution in [1.82, 2.24) is 15.6 Å². The molecule has 162 valence electrons. The molecule has 1 unspecified atom stereocenters. The Morgan fingerprint density at radius 2 is 2.00 bits per heavy atom. The van der Waals surface area contributed by atoms with Crippen molar-refractivity contribution >= 4 is 50.4 Å². The largest absolute Gasteiger partial charge is 0.397 e. The first kappa shape index (κ1) is 20.5. The van der Waals surface area contributed by atoms with E-state index in [4.69, 9.17) is 10.7 Å². The van der Waals surface area contributed by atoms with Gasteiger partial charge in [-0.2, -0.15) is 0 Å². The number of nitrogens with two attached hydrogens (primary N) is 1. The predicted octanol–water partition coefficient (Wildman–Crippen LogP) is 4.45. The SMILES string of the molecule is CNC(=O)c1sc2nc3c(c(-c4cccs4)c2c1N)CCC3C(=O)NC1CCCCC1. The number of pyridine rings is 1. The van der Waals surface area contributed by atoms with E-state index in [1.165, 1.54) is 30.6 Å². The first-order valence-corrected chi connectivity index (χ1v) is 12.6. The van der Waals surface area contributed by atoms with E-state index in [1.54, 1.807) is 18.4 Å². The van der Waals surface area contributed by atoms with Crippen LogP contribution in [0.2, 0.25) is 0 Å². The molecular weight excluding hydrogens is 428 g/mol. The number of amides is 2. The molecule has 0 bridgehead atoms. The summed E-state index contributed by atoms with van der Waals surface area (Å²) in [5.41, 5.74) is 9.96. The summed E-state index contributed by atoms with van der Waals surface area (Å²) in [6.45, 7) is 0. The van der Waals surface area contributed by atoms with Crippen molar-refractivity contribution in [3.8, 4) is 10.4 Å². The molecular formula is C23H26N4O2S2. The van der Waals surface area contributed by atoms with E-state index in [0.717, 1.165) is 57.6 Å². The molecule has 2 aliphatic carbocycles. The first-order chi connectivity index (χ1) is 15.1. The minimum Gasteiger partial charge on any atom is -0.397 e. The van der Waals surface area contributed by atoms with Gasteiger partial charge in [-0.15, -0.1) is 22.7 Å². The van der Waals surface area contributed by atoms with E-state index in [9.17, 15) is 9.59 Å². The van der Waals surface area contributed by atoms with Crippen LogP contribution in [0.4, 0.5) is 5.69 Å². The van der Waals surface area contributed by atoms with Gasteiger partial charge in [-0.1, -0.05) is 25.3 Å². The van der Waals surface area contributed by atoms with Crippen LogP contribution in [-0.4, -0.2) is 29.9 Å². The Hall–Kier alpha value is -2.45. The average Bonchev–Trinajstić information content (AvgIpc) is 3.52. The molecule has 2 aliphatic rings. The Morgan fingerprint density at radius 1 is 1.19 bits per heavy atom. The van der Waals surface area contributed by atoms with Crippen molar-refractivity contribution in [2.24, 2.45) is 0 Å². The number of fused-ring (bicyclic) bond motifs is 2. The summed E-state index contributed by atoms with van der Waals surface area (Å²) in [5.74, 6) is -0.359. The zero-order chi connectivity index (χ0) is 21.5. The Balaban J connectivity index is 1.61. The molecule has 8 heteroatoms. The van der Waals surface area contributed by atoms with Crippen LogP contribution in [0.15, 0.2) is 17.5 Å². The highest BCUT2D eigenvalue weighted by atomic mass is 32.1. The molecule has 0 spiro atoms. The molecule has 0 aromatic carbocycles. The summed E-state index contributed by atoms with van der Waals surface area (Å²) < 4.78 is 0. The third-order valence-corrected chi connectivity index (χ3v) is 8.48. The Kier molecular flexibility index (Phi) is 5.44. The van der Waals surface area contributed by atoms with Crippen LogP contribution in [-0.2, 0) is 11.2 Å². The van der Waals surface area contributed by atoms with Gasteiger partial charge < -0.3 is 16.4 Å². The van der Waals surface area contributed by atoms with Gasteiger partial charge in [0.1, 0.15) is 9.71 Å². The standard InChI is InChI=1S/C23H26N4O2S2/c1-25-22(29)20-18(24)17-16(15-8-5-11-30-15)13-9-10-14(19(13)27-23(17)31-20)21(28)26-12-6-3-2-4-7-12/h5,8,11-12,14H,2-4,6-7,9-10,24H2,1H3,(H,25,29)(H,26,28). The van der Waals surface area contributed by atoms with Crippen molar-refractivity contribution in [1.29, 1.82) is 0 Å². The van der Waals surface area contributed by atoms with Crippen molar-refractivity contribution in [2.75, 3.05) is 12.8 Å². The average molecular weight is 455 g/mol. The molecule has 1 atom stereocenters. The molecule has 1 fully saturated rings. The second kappa shape index (κ2) is 8.24. The lowest BCUT2D eigenvalue weighted by Crippen LogP contribution is -2.38. The van der Waals surface area contributed by atoms with Crippen LogP contribution in [0.5, 0.6) is 0 Å². The van der Waals surface area contributed by atoms with Gasteiger partial charge in [-0.3, -0.25) is 9.59 Å². The maximum Gasteiger partial charge on any atom is 0.263 e. The molecule has 6 nitrogen and oxygen atoms in total. The molecule has 5 rings (SSSR count). The normalized spacial score (nSPS) is 18.8. The zero-order valence-corrected chi connectivity index (χ0v) is 19.1. The summed E-state index contributed by atoms with van der Waals surface area (Å²) >= 11 is 2.96. The van der Waals surface area contributed by atoms with E-state index in [1.807, 2.05) is 11.4 Å². The number of anilines is 1. The minimum absolute atomic E-state index is 0.0886. The van der Waals surface area contributed by atoms with Crippen LogP contribution in [0, 0.1) is 0 Å². The van der Waals surface area contributed by atoms with Crippen LogP contribution in [0.25, 0.3) is 20.7 Å². The van der Waals surface area contributed by atoms with Gasteiger partial charge in [-0.05, 0) is 42.7 Å². The Labute approximate surface area is 189 Å². The fourth-order valence-electron chi connectivity index (χ4n) is 4.95. The molecule has 4 N–H and O–H groups in total. The van der Waals surface area contributed by atoms with Crippen molar-refractivity contribution in [2.45, 2.75) is 56.9 Å². The number of nitrogens with zero attached hydrogens (tertiary/aromatic N) is 1. The van der Waals surface area contributed by atoms with Crippen molar-refractivity contribution in [3.63, 3.8) is 0 Å². The van der Waals surface area contributed by atoms with E-state index in [0.29, 0.717) is 10.6 Å². The number of hydrogen-bond donors (Lipinski definition) is 3. The predicted molar refractivity (Wildman–Crippen MR) is 127 cm³/mol. The Bertz CT molecular complexity index is 1150. The lowest BCUT2D eigenvalue weighted by Gasteiger charge is -2.24. The number of thiophene rings is 2. The molecule has 1 saturated carbocycles. The number of carbonyl (C=O) groups excluding carboxylic acids is 2. The van der Waals surface area contributed by atoms with Gasteiger partial charge in [0, 0.05) is 28.9 Å². The highest BCUT2D eigenvalue weighted by molar-refractivity contribution is 7.21. The van der Waals surface area contributed by atoms with E-state index >= 15 is 0 Å².